The van der Waals surface area contributed by atoms with E-state index in [1.165, 1.54) is 30.2 Å². The average Bonchev–Trinajstić information content (AvgIpc) is 3.30. The van der Waals surface area contributed by atoms with Gasteiger partial charge in [0.25, 0.3) is 5.91 Å². The maximum Gasteiger partial charge on any atom is 0.253 e. The number of benzene rings is 2. The van der Waals surface area contributed by atoms with Gasteiger partial charge >= 0.3 is 0 Å². The standard InChI is InChI=1S/C23H25FN2O3/c24-21-14-18(12-19(15-27)22(21)28)23(29)26-10-6-16(7-11-26)17-4-3-5-20(13-17)25-8-1-2-9-25/h3-5,12-16,28H,1-2,6-11H2. The lowest BCUT2D eigenvalue weighted by atomic mass is 9.89. The molecule has 2 aromatic rings. The third kappa shape index (κ3) is 3.97. The molecule has 0 radical (unpaired) electrons. The lowest BCUT2D eigenvalue weighted by molar-refractivity contribution is 0.0712. The topological polar surface area (TPSA) is 60.9 Å². The molecule has 1 N–H and O–H groups in total. The molecular weight excluding hydrogens is 371 g/mol. The van der Waals surface area contributed by atoms with Crippen molar-refractivity contribution >= 4 is 17.9 Å². The Hall–Kier alpha value is -2.89. The summed E-state index contributed by atoms with van der Waals surface area (Å²) >= 11 is 0. The Kier molecular flexibility index (Phi) is 5.51. The summed E-state index contributed by atoms with van der Waals surface area (Å²) in [6.07, 6.45) is 4.53. The molecule has 0 bridgehead atoms. The van der Waals surface area contributed by atoms with Crippen LogP contribution < -0.4 is 4.90 Å². The highest BCUT2D eigenvalue weighted by molar-refractivity contribution is 5.96. The molecule has 2 saturated heterocycles. The number of anilines is 1. The van der Waals surface area contributed by atoms with Crippen LogP contribution >= 0.6 is 0 Å². The fourth-order valence-corrected chi connectivity index (χ4v) is 4.38. The van der Waals surface area contributed by atoms with Gasteiger partial charge in [-0.3, -0.25) is 9.59 Å². The van der Waals surface area contributed by atoms with E-state index in [0.717, 1.165) is 32.0 Å². The Balaban J connectivity index is 1.43. The van der Waals surface area contributed by atoms with Crippen LogP contribution in [0.3, 0.4) is 0 Å². The number of rotatable bonds is 4. The third-order valence-corrected chi connectivity index (χ3v) is 6.06. The number of phenolic OH excluding ortho intramolecular Hbond substituents is 1. The molecule has 0 aliphatic carbocycles. The molecule has 2 heterocycles. The second kappa shape index (κ2) is 8.23. The van der Waals surface area contributed by atoms with Crippen LogP contribution in [0.4, 0.5) is 10.1 Å². The second-order valence-electron chi connectivity index (χ2n) is 7.87. The number of carbonyl (C=O) groups is 2. The predicted molar refractivity (Wildman–Crippen MR) is 109 cm³/mol. The van der Waals surface area contributed by atoms with Crippen LogP contribution in [0, 0.1) is 5.82 Å². The van der Waals surface area contributed by atoms with E-state index in [9.17, 15) is 19.1 Å². The molecule has 0 aromatic heterocycles. The SMILES string of the molecule is O=Cc1cc(C(=O)N2CCC(c3cccc(N4CCCC4)c3)CC2)cc(F)c1O. The number of phenols is 1. The van der Waals surface area contributed by atoms with Crippen LogP contribution in [-0.2, 0) is 0 Å². The number of piperidine rings is 1. The van der Waals surface area contributed by atoms with Crippen molar-refractivity contribution in [2.45, 2.75) is 31.6 Å². The van der Waals surface area contributed by atoms with Gasteiger partial charge in [-0.15, -0.1) is 0 Å². The van der Waals surface area contributed by atoms with E-state index in [0.29, 0.717) is 25.3 Å². The number of nitrogens with zero attached hydrogens (tertiary/aromatic N) is 2. The minimum Gasteiger partial charge on any atom is -0.504 e. The van der Waals surface area contributed by atoms with Gasteiger partial charge in [0.1, 0.15) is 0 Å². The lowest BCUT2D eigenvalue weighted by Crippen LogP contribution is -2.38. The van der Waals surface area contributed by atoms with Gasteiger partial charge in [0, 0.05) is 37.4 Å². The second-order valence-corrected chi connectivity index (χ2v) is 7.87. The molecule has 4 rings (SSSR count). The molecule has 0 unspecified atom stereocenters. The minimum atomic E-state index is -0.952. The first-order chi connectivity index (χ1) is 14.1. The number of likely N-dealkylation sites (tertiary alicyclic amines) is 1. The number of amides is 1. The number of carbonyl (C=O) groups excluding carboxylic acids is 2. The van der Waals surface area contributed by atoms with Gasteiger partial charge in [0.15, 0.2) is 17.9 Å². The Bertz CT molecular complexity index is 916. The van der Waals surface area contributed by atoms with Crippen LogP contribution in [-0.4, -0.2) is 48.4 Å². The van der Waals surface area contributed by atoms with E-state index in [1.807, 2.05) is 0 Å². The molecule has 29 heavy (non-hydrogen) atoms. The maximum atomic E-state index is 13.8. The molecule has 0 saturated carbocycles. The van der Waals surface area contributed by atoms with E-state index >= 15 is 0 Å². The van der Waals surface area contributed by atoms with Crippen molar-refractivity contribution in [1.29, 1.82) is 0 Å². The van der Waals surface area contributed by atoms with E-state index in [-0.39, 0.29) is 17.0 Å². The smallest absolute Gasteiger partial charge is 0.253 e. The minimum absolute atomic E-state index is 0.0943. The first kappa shape index (κ1) is 19.4. The lowest BCUT2D eigenvalue weighted by Gasteiger charge is -2.33. The van der Waals surface area contributed by atoms with Crippen LogP contribution in [0.2, 0.25) is 0 Å². The fraction of sp³-hybridized carbons (Fsp3) is 0.391. The van der Waals surface area contributed by atoms with Crippen molar-refractivity contribution < 1.29 is 19.1 Å². The molecule has 2 fully saturated rings. The van der Waals surface area contributed by atoms with Crippen LogP contribution in [0.15, 0.2) is 36.4 Å². The van der Waals surface area contributed by atoms with Crippen molar-refractivity contribution in [3.63, 3.8) is 0 Å². The number of aldehydes is 1. The van der Waals surface area contributed by atoms with Gasteiger partial charge in [-0.1, -0.05) is 12.1 Å². The van der Waals surface area contributed by atoms with Gasteiger partial charge < -0.3 is 14.9 Å². The molecule has 0 spiro atoms. The predicted octanol–water partition coefficient (Wildman–Crippen LogP) is 3.96. The Labute approximate surface area is 169 Å². The van der Waals surface area contributed by atoms with Crippen molar-refractivity contribution in [1.82, 2.24) is 4.90 Å². The van der Waals surface area contributed by atoms with Gasteiger partial charge in [-0.25, -0.2) is 4.39 Å². The summed E-state index contributed by atoms with van der Waals surface area (Å²) in [5.74, 6) is -1.58. The van der Waals surface area contributed by atoms with Crippen molar-refractivity contribution in [3.05, 3.63) is 58.9 Å². The first-order valence-corrected chi connectivity index (χ1v) is 10.2. The molecule has 2 aliphatic rings. The molecule has 6 heteroatoms. The molecule has 2 aliphatic heterocycles. The molecule has 5 nitrogen and oxygen atoms in total. The largest absolute Gasteiger partial charge is 0.504 e. The normalized spacial score (nSPS) is 17.6. The first-order valence-electron chi connectivity index (χ1n) is 10.2. The van der Waals surface area contributed by atoms with E-state index in [4.69, 9.17) is 0 Å². The Morgan fingerprint density at radius 1 is 1.07 bits per heavy atom. The van der Waals surface area contributed by atoms with E-state index < -0.39 is 11.6 Å². The average molecular weight is 396 g/mol. The molecular formula is C23H25FN2O3. The third-order valence-electron chi connectivity index (χ3n) is 6.06. The molecule has 2 aromatic carbocycles. The van der Waals surface area contributed by atoms with Gasteiger partial charge in [0.2, 0.25) is 0 Å². The van der Waals surface area contributed by atoms with Gasteiger partial charge in [-0.2, -0.15) is 0 Å². The molecule has 1 amide bonds. The van der Waals surface area contributed by atoms with Crippen molar-refractivity contribution in [3.8, 4) is 5.75 Å². The number of hydrogen-bond donors (Lipinski definition) is 1. The maximum absolute atomic E-state index is 13.8. The summed E-state index contributed by atoms with van der Waals surface area (Å²) in [5, 5.41) is 9.54. The van der Waals surface area contributed by atoms with Gasteiger partial charge in [0.05, 0.1) is 5.56 Å². The summed E-state index contributed by atoms with van der Waals surface area (Å²) in [4.78, 5) is 27.9. The molecule has 152 valence electrons. The number of halogens is 1. The monoisotopic (exact) mass is 396 g/mol. The number of hydrogen-bond acceptors (Lipinski definition) is 4. The fourth-order valence-electron chi connectivity index (χ4n) is 4.38. The quantitative estimate of drug-likeness (QED) is 0.795. The Morgan fingerprint density at radius 2 is 1.79 bits per heavy atom. The Morgan fingerprint density at radius 3 is 2.48 bits per heavy atom. The summed E-state index contributed by atoms with van der Waals surface area (Å²) in [6.45, 7) is 3.39. The highest BCUT2D eigenvalue weighted by Crippen LogP contribution is 2.32. The van der Waals surface area contributed by atoms with Crippen LogP contribution in [0.5, 0.6) is 5.75 Å². The zero-order chi connectivity index (χ0) is 20.4. The van der Waals surface area contributed by atoms with Crippen molar-refractivity contribution in [2.24, 2.45) is 0 Å². The zero-order valence-corrected chi connectivity index (χ0v) is 16.3. The summed E-state index contributed by atoms with van der Waals surface area (Å²) in [5.41, 5.74) is 2.47. The van der Waals surface area contributed by atoms with Gasteiger partial charge in [-0.05, 0) is 61.4 Å². The van der Waals surface area contributed by atoms with E-state index in [1.54, 1.807) is 4.90 Å². The zero-order valence-electron chi connectivity index (χ0n) is 16.3. The summed E-state index contributed by atoms with van der Waals surface area (Å²) in [6, 6.07) is 11.0. The molecule has 0 atom stereocenters. The van der Waals surface area contributed by atoms with Crippen LogP contribution in [0.25, 0.3) is 0 Å². The highest BCUT2D eigenvalue weighted by Gasteiger charge is 2.26. The van der Waals surface area contributed by atoms with Crippen molar-refractivity contribution in [2.75, 3.05) is 31.1 Å². The van der Waals surface area contributed by atoms with Crippen LogP contribution in [0.1, 0.15) is 57.9 Å². The van der Waals surface area contributed by atoms with E-state index in [2.05, 4.69) is 29.2 Å². The summed E-state index contributed by atoms with van der Waals surface area (Å²) in [7, 11) is 0. The highest BCUT2D eigenvalue weighted by atomic mass is 19.1. The number of aromatic hydroxyl groups is 1. The summed E-state index contributed by atoms with van der Waals surface area (Å²) < 4.78 is 13.8.